The Balaban J connectivity index is 2.30. The van der Waals surface area contributed by atoms with Crippen molar-refractivity contribution >= 4 is 35.0 Å². The van der Waals surface area contributed by atoms with Crippen LogP contribution in [0.5, 0.6) is 0 Å². The largest absolute Gasteiger partial charge is 0.357 e. The lowest BCUT2D eigenvalue weighted by Crippen LogP contribution is -2.48. The molecule has 0 saturated heterocycles. The van der Waals surface area contributed by atoms with Gasteiger partial charge in [0.1, 0.15) is 11.9 Å². The predicted octanol–water partition coefficient (Wildman–Crippen LogP) is 4.23. The molecule has 2 aromatic carbocycles. The molecule has 1 N–H and O–H groups in total. The lowest BCUT2D eigenvalue weighted by molar-refractivity contribution is -0.140. The summed E-state index contributed by atoms with van der Waals surface area (Å²) in [6.07, 6.45) is 0.478. The maximum Gasteiger partial charge on any atom is 0.242 e. The first-order chi connectivity index (χ1) is 12.8. The third-order valence-electron chi connectivity index (χ3n) is 4.26. The van der Waals surface area contributed by atoms with Crippen molar-refractivity contribution in [2.75, 3.05) is 7.05 Å². The Labute approximate surface area is 168 Å². The summed E-state index contributed by atoms with van der Waals surface area (Å²) in [4.78, 5) is 26.8. The fourth-order valence-electron chi connectivity index (χ4n) is 2.80. The van der Waals surface area contributed by atoms with Crippen LogP contribution >= 0.6 is 23.2 Å². The standard InChI is InChI=1S/C20H21Cl2FN2O2/c1-3-18(20(27)24-2)25(12-13-4-8-16(23)9-5-13)19(26)10-14-6-7-15(21)11-17(14)22/h4-9,11,18H,3,10,12H2,1-2H3,(H,24,27). The van der Waals surface area contributed by atoms with Crippen molar-refractivity contribution < 1.29 is 14.0 Å². The number of hydrogen-bond donors (Lipinski definition) is 1. The highest BCUT2D eigenvalue weighted by Crippen LogP contribution is 2.23. The number of benzene rings is 2. The van der Waals surface area contributed by atoms with Gasteiger partial charge in [-0.3, -0.25) is 9.59 Å². The summed E-state index contributed by atoms with van der Waals surface area (Å²) in [5.74, 6) is -0.864. The normalized spacial score (nSPS) is 11.7. The van der Waals surface area contributed by atoms with Gasteiger partial charge in [-0.1, -0.05) is 48.3 Å². The number of likely N-dealkylation sites (N-methyl/N-ethyl adjacent to an activating group) is 1. The zero-order valence-corrected chi connectivity index (χ0v) is 16.6. The average molecular weight is 411 g/mol. The summed E-state index contributed by atoms with van der Waals surface area (Å²) in [6, 6.07) is 10.1. The molecule has 4 nitrogen and oxygen atoms in total. The molecule has 7 heteroatoms. The summed E-state index contributed by atoms with van der Waals surface area (Å²) >= 11 is 12.1. The summed E-state index contributed by atoms with van der Waals surface area (Å²) in [5, 5.41) is 3.47. The van der Waals surface area contributed by atoms with Gasteiger partial charge in [-0.2, -0.15) is 0 Å². The molecule has 0 fully saturated rings. The highest BCUT2D eigenvalue weighted by atomic mass is 35.5. The van der Waals surface area contributed by atoms with Crippen LogP contribution in [0.15, 0.2) is 42.5 Å². The topological polar surface area (TPSA) is 49.4 Å². The number of hydrogen-bond acceptors (Lipinski definition) is 2. The molecule has 1 atom stereocenters. The predicted molar refractivity (Wildman–Crippen MR) is 105 cm³/mol. The molecule has 1 unspecified atom stereocenters. The van der Waals surface area contributed by atoms with E-state index in [0.29, 0.717) is 22.0 Å². The van der Waals surface area contributed by atoms with E-state index in [1.54, 1.807) is 30.3 Å². The fraction of sp³-hybridized carbons (Fsp3) is 0.300. The van der Waals surface area contributed by atoms with Crippen molar-refractivity contribution in [2.45, 2.75) is 32.4 Å². The maximum absolute atomic E-state index is 13.2. The molecule has 0 spiro atoms. The van der Waals surface area contributed by atoms with Gasteiger partial charge in [0.05, 0.1) is 6.42 Å². The zero-order valence-electron chi connectivity index (χ0n) is 15.1. The molecular weight excluding hydrogens is 390 g/mol. The molecule has 0 aliphatic carbocycles. The van der Waals surface area contributed by atoms with E-state index in [4.69, 9.17) is 23.2 Å². The van der Waals surface area contributed by atoms with Crippen LogP contribution in [0.2, 0.25) is 10.0 Å². The second-order valence-electron chi connectivity index (χ2n) is 6.10. The number of nitrogens with one attached hydrogen (secondary N) is 1. The van der Waals surface area contributed by atoms with Crippen molar-refractivity contribution in [2.24, 2.45) is 0 Å². The first kappa shape index (κ1) is 21.2. The molecule has 0 heterocycles. The molecule has 0 saturated carbocycles. The molecule has 0 bridgehead atoms. The summed E-state index contributed by atoms with van der Waals surface area (Å²) in [5.41, 5.74) is 1.36. The van der Waals surface area contributed by atoms with Crippen molar-refractivity contribution in [3.8, 4) is 0 Å². The lowest BCUT2D eigenvalue weighted by Gasteiger charge is -2.30. The van der Waals surface area contributed by atoms with Crippen LogP contribution in [0.3, 0.4) is 0 Å². The Morgan fingerprint density at radius 2 is 1.81 bits per heavy atom. The van der Waals surface area contributed by atoms with Crippen LogP contribution in [-0.2, 0) is 22.6 Å². The molecule has 0 aromatic heterocycles. The number of carbonyl (C=O) groups is 2. The third kappa shape index (κ3) is 5.68. The molecule has 144 valence electrons. The molecule has 27 heavy (non-hydrogen) atoms. The number of rotatable bonds is 7. The van der Waals surface area contributed by atoms with Crippen LogP contribution in [0.25, 0.3) is 0 Å². The van der Waals surface area contributed by atoms with Gasteiger partial charge in [0.2, 0.25) is 11.8 Å². The van der Waals surface area contributed by atoms with Crippen LogP contribution < -0.4 is 5.32 Å². The third-order valence-corrected chi connectivity index (χ3v) is 4.84. The van der Waals surface area contributed by atoms with E-state index in [1.165, 1.54) is 24.1 Å². The van der Waals surface area contributed by atoms with E-state index in [2.05, 4.69) is 5.32 Å². The van der Waals surface area contributed by atoms with Crippen molar-refractivity contribution in [1.82, 2.24) is 10.2 Å². The van der Waals surface area contributed by atoms with Crippen molar-refractivity contribution in [3.05, 3.63) is 69.5 Å². The first-order valence-electron chi connectivity index (χ1n) is 8.55. The van der Waals surface area contributed by atoms with E-state index in [9.17, 15) is 14.0 Å². The molecule has 2 aromatic rings. The lowest BCUT2D eigenvalue weighted by atomic mass is 10.1. The molecule has 2 rings (SSSR count). The number of halogens is 3. The number of carbonyl (C=O) groups excluding carboxylic acids is 2. The quantitative estimate of drug-likeness (QED) is 0.742. The van der Waals surface area contributed by atoms with Gasteiger partial charge in [0.15, 0.2) is 0 Å². The van der Waals surface area contributed by atoms with Crippen molar-refractivity contribution in [1.29, 1.82) is 0 Å². The number of amides is 2. The second-order valence-corrected chi connectivity index (χ2v) is 6.94. The van der Waals surface area contributed by atoms with E-state index < -0.39 is 6.04 Å². The van der Waals surface area contributed by atoms with Gasteiger partial charge in [0, 0.05) is 23.6 Å². The minimum Gasteiger partial charge on any atom is -0.357 e. The van der Waals surface area contributed by atoms with Crippen LogP contribution in [-0.4, -0.2) is 29.8 Å². The van der Waals surface area contributed by atoms with Gasteiger partial charge in [0.25, 0.3) is 0 Å². The molecule has 0 aliphatic rings. The fourth-order valence-corrected chi connectivity index (χ4v) is 3.28. The Hall–Kier alpha value is -2.11. The minimum atomic E-state index is -0.640. The van der Waals surface area contributed by atoms with Crippen molar-refractivity contribution in [3.63, 3.8) is 0 Å². The highest BCUT2D eigenvalue weighted by Gasteiger charge is 2.28. The summed E-state index contributed by atoms with van der Waals surface area (Å²) in [7, 11) is 1.53. The number of nitrogens with zero attached hydrogens (tertiary/aromatic N) is 1. The van der Waals surface area contributed by atoms with Crippen LogP contribution in [0, 0.1) is 5.82 Å². The van der Waals surface area contributed by atoms with E-state index in [0.717, 1.165) is 5.56 Å². The van der Waals surface area contributed by atoms with Gasteiger partial charge in [-0.25, -0.2) is 4.39 Å². The first-order valence-corrected chi connectivity index (χ1v) is 9.30. The Bertz CT molecular complexity index is 812. The SMILES string of the molecule is CCC(C(=O)NC)N(Cc1ccc(F)cc1)C(=O)Cc1ccc(Cl)cc1Cl. The minimum absolute atomic E-state index is 0.0324. The summed E-state index contributed by atoms with van der Waals surface area (Å²) in [6.45, 7) is 2.02. The Kier molecular flexibility index (Phi) is 7.63. The zero-order chi connectivity index (χ0) is 20.0. The average Bonchev–Trinajstić information content (AvgIpc) is 2.65. The molecular formula is C20H21Cl2FN2O2. The van der Waals surface area contributed by atoms with Gasteiger partial charge < -0.3 is 10.2 Å². The van der Waals surface area contributed by atoms with E-state index >= 15 is 0 Å². The Morgan fingerprint density at radius 1 is 1.15 bits per heavy atom. The molecule has 0 radical (unpaired) electrons. The van der Waals surface area contributed by atoms with Crippen LogP contribution in [0.1, 0.15) is 24.5 Å². The molecule has 0 aliphatic heterocycles. The van der Waals surface area contributed by atoms with E-state index in [-0.39, 0.29) is 30.6 Å². The summed E-state index contributed by atoms with van der Waals surface area (Å²) < 4.78 is 13.2. The monoisotopic (exact) mass is 410 g/mol. The maximum atomic E-state index is 13.2. The Morgan fingerprint density at radius 3 is 2.37 bits per heavy atom. The smallest absolute Gasteiger partial charge is 0.242 e. The van der Waals surface area contributed by atoms with Crippen LogP contribution in [0.4, 0.5) is 4.39 Å². The van der Waals surface area contributed by atoms with E-state index in [1.807, 2.05) is 6.92 Å². The van der Waals surface area contributed by atoms with Gasteiger partial charge in [-0.15, -0.1) is 0 Å². The second kappa shape index (κ2) is 9.72. The van der Waals surface area contributed by atoms with Gasteiger partial charge in [-0.05, 0) is 41.8 Å². The molecule has 2 amide bonds. The highest BCUT2D eigenvalue weighted by molar-refractivity contribution is 6.35. The van der Waals surface area contributed by atoms with Gasteiger partial charge >= 0.3 is 0 Å².